The maximum atomic E-state index is 6.05. The Bertz CT molecular complexity index is 618. The number of halogens is 2. The molecule has 0 aliphatic heterocycles. The van der Waals surface area contributed by atoms with Crippen LogP contribution in [0.5, 0.6) is 11.6 Å². The number of alkyl halides is 1. The Balaban J connectivity index is 2.37. The van der Waals surface area contributed by atoms with Gasteiger partial charge in [-0.05, 0) is 55.2 Å². The van der Waals surface area contributed by atoms with Crippen LogP contribution in [0.15, 0.2) is 24.3 Å². The Labute approximate surface area is 136 Å². The Hall–Kier alpha value is -1.25. The summed E-state index contributed by atoms with van der Waals surface area (Å²) >= 11 is 12.0. The predicted molar refractivity (Wildman–Crippen MR) is 88.8 cm³/mol. The first-order chi connectivity index (χ1) is 10.0. The van der Waals surface area contributed by atoms with Gasteiger partial charge >= 0.3 is 0 Å². The quantitative estimate of drug-likeness (QED) is 0.645. The first kappa shape index (κ1) is 16.1. The van der Waals surface area contributed by atoms with Crippen LogP contribution < -0.4 is 4.74 Å². The van der Waals surface area contributed by atoms with Crippen LogP contribution in [0, 0.1) is 13.8 Å². The van der Waals surface area contributed by atoms with Crippen LogP contribution in [-0.2, 0) is 12.3 Å². The monoisotopic (exact) mass is 323 g/mol. The number of benzene rings is 1. The zero-order chi connectivity index (χ0) is 15.4. The Morgan fingerprint density at radius 1 is 1.10 bits per heavy atom. The highest BCUT2D eigenvalue weighted by molar-refractivity contribution is 6.30. The molecule has 2 rings (SSSR count). The van der Waals surface area contributed by atoms with Gasteiger partial charge in [-0.3, -0.25) is 0 Å². The van der Waals surface area contributed by atoms with Gasteiger partial charge in [-0.1, -0.05) is 24.9 Å². The van der Waals surface area contributed by atoms with Crippen molar-refractivity contribution in [1.29, 1.82) is 0 Å². The molecule has 0 saturated carbocycles. The van der Waals surface area contributed by atoms with Crippen LogP contribution in [0.1, 0.15) is 35.7 Å². The second-order valence-corrected chi connectivity index (χ2v) is 5.86. The third-order valence-corrected chi connectivity index (χ3v) is 3.73. The molecule has 0 saturated heterocycles. The number of rotatable bonds is 5. The third-order valence-electron chi connectivity index (χ3n) is 3.21. The van der Waals surface area contributed by atoms with Crippen molar-refractivity contribution in [2.24, 2.45) is 0 Å². The molecule has 0 aliphatic rings. The molecule has 0 spiro atoms. The highest BCUT2D eigenvalue weighted by Crippen LogP contribution is 2.31. The van der Waals surface area contributed by atoms with E-state index in [0.717, 1.165) is 41.0 Å². The standard InChI is InChI=1S/C17H19Cl2NO/c1-4-5-15-8-13(10-18)9-16(20-15)21-17-11(2)6-14(19)7-12(17)3/h6-9H,4-5,10H2,1-3H3. The number of ether oxygens (including phenoxy) is 1. The number of hydrogen-bond donors (Lipinski definition) is 0. The molecule has 0 atom stereocenters. The molecule has 1 aromatic carbocycles. The first-order valence-electron chi connectivity index (χ1n) is 7.04. The minimum atomic E-state index is 0.453. The fourth-order valence-corrected chi connectivity index (χ4v) is 2.78. The topological polar surface area (TPSA) is 22.1 Å². The highest BCUT2D eigenvalue weighted by Gasteiger charge is 2.10. The van der Waals surface area contributed by atoms with Crippen molar-refractivity contribution in [3.05, 3.63) is 51.7 Å². The fraction of sp³-hybridized carbons (Fsp3) is 0.353. The van der Waals surface area contributed by atoms with E-state index in [9.17, 15) is 0 Å². The molecule has 0 radical (unpaired) electrons. The van der Waals surface area contributed by atoms with Crippen molar-refractivity contribution in [1.82, 2.24) is 4.98 Å². The zero-order valence-electron chi connectivity index (χ0n) is 12.5. The van der Waals surface area contributed by atoms with Crippen molar-refractivity contribution in [3.63, 3.8) is 0 Å². The van der Waals surface area contributed by atoms with Crippen molar-refractivity contribution >= 4 is 23.2 Å². The molecular weight excluding hydrogens is 305 g/mol. The first-order valence-corrected chi connectivity index (χ1v) is 7.95. The van der Waals surface area contributed by atoms with Gasteiger partial charge in [0.05, 0.1) is 0 Å². The second-order valence-electron chi connectivity index (χ2n) is 5.16. The molecule has 0 amide bonds. The molecule has 2 nitrogen and oxygen atoms in total. The van der Waals surface area contributed by atoms with E-state index in [-0.39, 0.29) is 0 Å². The number of aromatic nitrogens is 1. The Morgan fingerprint density at radius 3 is 2.33 bits per heavy atom. The van der Waals surface area contributed by atoms with Gasteiger partial charge in [0.15, 0.2) is 0 Å². The van der Waals surface area contributed by atoms with Crippen molar-refractivity contribution in [2.45, 2.75) is 39.5 Å². The normalized spacial score (nSPS) is 10.7. The van der Waals surface area contributed by atoms with Crippen molar-refractivity contribution < 1.29 is 4.74 Å². The maximum absolute atomic E-state index is 6.05. The van der Waals surface area contributed by atoms with E-state index in [0.29, 0.717) is 16.8 Å². The summed E-state index contributed by atoms with van der Waals surface area (Å²) in [6, 6.07) is 7.70. The summed E-state index contributed by atoms with van der Waals surface area (Å²) < 4.78 is 6.00. The van der Waals surface area contributed by atoms with Crippen LogP contribution in [0.2, 0.25) is 5.02 Å². The summed E-state index contributed by atoms with van der Waals surface area (Å²) in [4.78, 5) is 4.56. The van der Waals surface area contributed by atoms with Gasteiger partial charge in [0.25, 0.3) is 0 Å². The molecular formula is C17H19Cl2NO. The molecule has 0 unspecified atom stereocenters. The van der Waals surface area contributed by atoms with E-state index in [1.54, 1.807) is 0 Å². The summed E-state index contributed by atoms with van der Waals surface area (Å²) in [7, 11) is 0. The van der Waals surface area contributed by atoms with E-state index in [2.05, 4.69) is 11.9 Å². The molecule has 0 bridgehead atoms. The van der Waals surface area contributed by atoms with Gasteiger partial charge < -0.3 is 4.74 Å². The van der Waals surface area contributed by atoms with E-state index in [1.807, 2.05) is 38.1 Å². The third kappa shape index (κ3) is 4.12. The largest absolute Gasteiger partial charge is 0.438 e. The lowest BCUT2D eigenvalue weighted by Gasteiger charge is -2.13. The molecule has 4 heteroatoms. The van der Waals surface area contributed by atoms with Gasteiger partial charge in [0, 0.05) is 22.7 Å². The summed E-state index contributed by atoms with van der Waals surface area (Å²) in [5.74, 6) is 1.85. The summed E-state index contributed by atoms with van der Waals surface area (Å²) in [5, 5.41) is 0.714. The number of aryl methyl sites for hydroxylation is 3. The summed E-state index contributed by atoms with van der Waals surface area (Å²) in [6.45, 7) is 6.09. The second kappa shape index (κ2) is 7.15. The van der Waals surface area contributed by atoms with E-state index in [4.69, 9.17) is 27.9 Å². The van der Waals surface area contributed by atoms with Crippen LogP contribution in [0.3, 0.4) is 0 Å². The van der Waals surface area contributed by atoms with E-state index < -0.39 is 0 Å². The maximum Gasteiger partial charge on any atom is 0.219 e. The minimum Gasteiger partial charge on any atom is -0.438 e. The van der Waals surface area contributed by atoms with Crippen molar-refractivity contribution in [2.75, 3.05) is 0 Å². The number of pyridine rings is 1. The molecule has 21 heavy (non-hydrogen) atoms. The number of nitrogens with zero attached hydrogens (tertiary/aromatic N) is 1. The van der Waals surface area contributed by atoms with Gasteiger partial charge in [-0.2, -0.15) is 0 Å². The van der Waals surface area contributed by atoms with Gasteiger partial charge in [0.1, 0.15) is 5.75 Å². The molecule has 2 aromatic rings. The number of hydrogen-bond acceptors (Lipinski definition) is 2. The smallest absolute Gasteiger partial charge is 0.219 e. The van der Waals surface area contributed by atoms with E-state index in [1.165, 1.54) is 0 Å². The lowest BCUT2D eigenvalue weighted by molar-refractivity contribution is 0.453. The average Bonchev–Trinajstić information content (AvgIpc) is 2.43. The average molecular weight is 324 g/mol. The van der Waals surface area contributed by atoms with Gasteiger partial charge in [0.2, 0.25) is 5.88 Å². The van der Waals surface area contributed by atoms with Crippen LogP contribution in [0.4, 0.5) is 0 Å². The van der Waals surface area contributed by atoms with Crippen LogP contribution >= 0.6 is 23.2 Å². The molecule has 0 fully saturated rings. The molecule has 112 valence electrons. The van der Waals surface area contributed by atoms with Crippen molar-refractivity contribution in [3.8, 4) is 11.6 Å². The Kier molecular flexibility index (Phi) is 5.49. The lowest BCUT2D eigenvalue weighted by atomic mass is 10.1. The van der Waals surface area contributed by atoms with Crippen LogP contribution in [0.25, 0.3) is 0 Å². The van der Waals surface area contributed by atoms with Gasteiger partial charge in [-0.25, -0.2) is 4.98 Å². The molecule has 1 heterocycles. The predicted octanol–water partition coefficient (Wildman–Crippen LogP) is 5.84. The molecule has 1 aromatic heterocycles. The van der Waals surface area contributed by atoms with Gasteiger partial charge in [-0.15, -0.1) is 11.6 Å². The summed E-state index contributed by atoms with van der Waals surface area (Å²) in [6.07, 6.45) is 1.96. The highest BCUT2D eigenvalue weighted by atomic mass is 35.5. The fourth-order valence-electron chi connectivity index (χ4n) is 2.30. The Morgan fingerprint density at radius 2 is 1.76 bits per heavy atom. The van der Waals surface area contributed by atoms with Crippen LogP contribution in [-0.4, -0.2) is 4.98 Å². The lowest BCUT2D eigenvalue weighted by Crippen LogP contribution is -1.98. The molecule has 0 N–H and O–H groups in total. The summed E-state index contributed by atoms with van der Waals surface area (Å²) in [5.41, 5.74) is 4.02. The SMILES string of the molecule is CCCc1cc(CCl)cc(Oc2c(C)cc(Cl)cc2C)n1. The minimum absolute atomic E-state index is 0.453. The zero-order valence-corrected chi connectivity index (χ0v) is 14.1. The van der Waals surface area contributed by atoms with E-state index >= 15 is 0 Å². The molecule has 0 aliphatic carbocycles.